The van der Waals surface area contributed by atoms with Crippen molar-refractivity contribution >= 4 is 25.1 Å². The van der Waals surface area contributed by atoms with Crippen LogP contribution >= 0.6 is 0 Å². The van der Waals surface area contributed by atoms with Crippen LogP contribution in [0.3, 0.4) is 0 Å². The van der Waals surface area contributed by atoms with Gasteiger partial charge in [0.15, 0.2) is 8.32 Å². The summed E-state index contributed by atoms with van der Waals surface area (Å²) in [5.74, 6) is 0.451. The van der Waals surface area contributed by atoms with Crippen molar-refractivity contribution in [1.29, 1.82) is 0 Å². The number of benzene rings is 2. The number of carbonyl (C=O) groups is 1. The van der Waals surface area contributed by atoms with E-state index in [0.29, 0.717) is 36.3 Å². The van der Waals surface area contributed by atoms with Gasteiger partial charge in [-0.15, -0.1) is 0 Å². The predicted octanol–water partition coefficient (Wildman–Crippen LogP) is 5.06. The summed E-state index contributed by atoms with van der Waals surface area (Å²) in [7, 11) is 1.24. The van der Waals surface area contributed by atoms with Gasteiger partial charge in [-0.25, -0.2) is 4.79 Å². The van der Waals surface area contributed by atoms with E-state index in [1.54, 1.807) is 13.2 Å². The lowest BCUT2D eigenvalue weighted by Gasteiger charge is -2.36. The third kappa shape index (κ3) is 4.14. The van der Waals surface area contributed by atoms with Crippen molar-refractivity contribution in [3.8, 4) is 17.2 Å². The number of esters is 1. The van der Waals surface area contributed by atoms with Gasteiger partial charge in [0.2, 0.25) is 0 Å². The highest BCUT2D eigenvalue weighted by Crippen LogP contribution is 2.43. The molecule has 7 heteroatoms. The summed E-state index contributed by atoms with van der Waals surface area (Å²) in [5, 5.41) is 12.2. The van der Waals surface area contributed by atoms with Crippen molar-refractivity contribution in [2.24, 2.45) is 0 Å². The van der Waals surface area contributed by atoms with E-state index in [1.807, 2.05) is 12.1 Å². The summed E-state index contributed by atoms with van der Waals surface area (Å²) in [4.78, 5) is 12.7. The van der Waals surface area contributed by atoms with E-state index in [0.717, 1.165) is 10.9 Å². The zero-order valence-electron chi connectivity index (χ0n) is 18.9. The van der Waals surface area contributed by atoms with Crippen molar-refractivity contribution in [2.45, 2.75) is 57.8 Å². The summed E-state index contributed by atoms with van der Waals surface area (Å²) in [6.07, 6.45) is 0.877. The van der Waals surface area contributed by atoms with E-state index in [4.69, 9.17) is 18.6 Å². The Hall–Kier alpha value is -2.25. The second kappa shape index (κ2) is 8.11. The van der Waals surface area contributed by atoms with Crippen LogP contribution in [0.15, 0.2) is 18.2 Å². The Morgan fingerprint density at radius 3 is 2.47 bits per heavy atom. The fraction of sp³-hybridized carbons (Fsp3) is 0.522. The summed E-state index contributed by atoms with van der Waals surface area (Å²) in [6, 6.07) is 5.43. The molecule has 0 radical (unpaired) electrons. The van der Waals surface area contributed by atoms with E-state index in [2.05, 4.69) is 33.9 Å². The molecule has 0 aromatic heterocycles. The summed E-state index contributed by atoms with van der Waals surface area (Å²) in [5.41, 5.74) is 0.983. The number of phenols is 1. The minimum Gasteiger partial charge on any atom is -0.506 e. The number of ether oxygens (including phenoxy) is 3. The smallest absolute Gasteiger partial charge is 0.342 e. The number of aromatic hydroxyl groups is 1. The summed E-state index contributed by atoms with van der Waals surface area (Å²) < 4.78 is 22.6. The molecule has 0 aliphatic carbocycles. The maximum absolute atomic E-state index is 12.7. The van der Waals surface area contributed by atoms with E-state index in [-0.39, 0.29) is 22.5 Å². The van der Waals surface area contributed by atoms with Gasteiger partial charge in [0, 0.05) is 25.5 Å². The average Bonchev–Trinajstić information content (AvgIpc) is 2.65. The van der Waals surface area contributed by atoms with Gasteiger partial charge in [-0.1, -0.05) is 20.8 Å². The molecule has 0 amide bonds. The van der Waals surface area contributed by atoms with Crippen LogP contribution in [0.25, 0.3) is 10.8 Å². The van der Waals surface area contributed by atoms with Crippen LogP contribution in [0.4, 0.5) is 0 Å². The molecule has 1 heterocycles. The van der Waals surface area contributed by atoms with Crippen LogP contribution in [0.1, 0.15) is 43.1 Å². The lowest BCUT2D eigenvalue weighted by atomic mass is 9.92. The van der Waals surface area contributed by atoms with E-state index >= 15 is 0 Å². The monoisotopic (exact) mass is 432 g/mol. The minimum atomic E-state index is -1.85. The van der Waals surface area contributed by atoms with Gasteiger partial charge in [0.25, 0.3) is 0 Å². The fourth-order valence-corrected chi connectivity index (χ4v) is 4.56. The third-order valence-corrected chi connectivity index (χ3v) is 10.9. The molecule has 2 aromatic carbocycles. The van der Waals surface area contributed by atoms with Gasteiger partial charge >= 0.3 is 5.97 Å². The molecule has 1 N–H and O–H groups in total. The van der Waals surface area contributed by atoms with Crippen LogP contribution in [0, 0.1) is 0 Å². The van der Waals surface area contributed by atoms with Crippen molar-refractivity contribution in [2.75, 3.05) is 20.8 Å². The van der Waals surface area contributed by atoms with Crippen LogP contribution in [0.2, 0.25) is 18.1 Å². The van der Waals surface area contributed by atoms with Gasteiger partial charge in [-0.05, 0) is 41.2 Å². The highest BCUT2D eigenvalue weighted by molar-refractivity contribution is 6.74. The van der Waals surface area contributed by atoms with E-state index in [9.17, 15) is 9.90 Å². The zero-order valence-corrected chi connectivity index (χ0v) is 19.9. The maximum atomic E-state index is 12.7. The number of methoxy groups -OCH3 is 2. The molecule has 3 rings (SSSR count). The van der Waals surface area contributed by atoms with Crippen molar-refractivity contribution in [1.82, 2.24) is 0 Å². The molecule has 1 atom stereocenters. The number of hydrogen-bond acceptors (Lipinski definition) is 6. The number of phenolic OH excluding ortho intramolecular Hbond substituents is 1. The standard InChI is InChI=1S/C23H32O6Si/c1-23(2,3)30(6,7)28-9-8-16-11-15-10-14-12-17(26-4)13-18(27-5)19(14)21(24)20(15)22(25)29-16/h10,12-13,16,24H,8-9,11H2,1-7H3/t16-/m1/s1. The molecular formula is C23H32O6Si. The topological polar surface area (TPSA) is 74.2 Å². The summed E-state index contributed by atoms with van der Waals surface area (Å²) >= 11 is 0. The van der Waals surface area contributed by atoms with Crippen LogP contribution in [-0.4, -0.2) is 46.3 Å². The largest absolute Gasteiger partial charge is 0.506 e. The highest BCUT2D eigenvalue weighted by atomic mass is 28.4. The van der Waals surface area contributed by atoms with Crippen molar-refractivity contribution in [3.05, 3.63) is 29.3 Å². The molecule has 0 spiro atoms. The normalized spacial score (nSPS) is 16.9. The lowest BCUT2D eigenvalue weighted by Crippen LogP contribution is -2.41. The average molecular weight is 433 g/mol. The predicted molar refractivity (Wildman–Crippen MR) is 119 cm³/mol. The molecule has 1 aliphatic heterocycles. The maximum Gasteiger partial charge on any atom is 0.342 e. The number of cyclic esters (lactones) is 1. The first-order valence-corrected chi connectivity index (χ1v) is 13.1. The Kier molecular flexibility index (Phi) is 6.07. The highest BCUT2D eigenvalue weighted by Gasteiger charge is 2.37. The Morgan fingerprint density at radius 2 is 1.87 bits per heavy atom. The quantitative estimate of drug-likeness (QED) is 0.508. The third-order valence-electron chi connectivity index (χ3n) is 6.32. The number of fused-ring (bicyclic) bond motifs is 2. The fourth-order valence-electron chi connectivity index (χ4n) is 3.50. The first-order chi connectivity index (χ1) is 14.0. The second-order valence-corrected chi connectivity index (χ2v) is 14.1. The van der Waals surface area contributed by atoms with E-state index in [1.165, 1.54) is 7.11 Å². The van der Waals surface area contributed by atoms with Crippen LogP contribution in [-0.2, 0) is 15.6 Å². The molecule has 30 heavy (non-hydrogen) atoms. The molecule has 2 aromatic rings. The molecule has 0 unspecified atom stereocenters. The van der Waals surface area contributed by atoms with Crippen LogP contribution < -0.4 is 9.47 Å². The van der Waals surface area contributed by atoms with Gasteiger partial charge in [-0.2, -0.15) is 0 Å². The minimum absolute atomic E-state index is 0.108. The van der Waals surface area contributed by atoms with Crippen molar-refractivity contribution in [3.63, 3.8) is 0 Å². The molecule has 164 valence electrons. The Labute approximate surface area is 179 Å². The first-order valence-electron chi connectivity index (χ1n) is 10.2. The molecule has 0 saturated carbocycles. The lowest BCUT2D eigenvalue weighted by molar-refractivity contribution is 0.0199. The van der Waals surface area contributed by atoms with Gasteiger partial charge in [0.1, 0.15) is 28.9 Å². The Morgan fingerprint density at radius 1 is 1.17 bits per heavy atom. The molecule has 0 fully saturated rings. The molecular weight excluding hydrogens is 400 g/mol. The van der Waals surface area contributed by atoms with Crippen LogP contribution in [0.5, 0.6) is 17.2 Å². The van der Waals surface area contributed by atoms with Gasteiger partial charge in [-0.3, -0.25) is 0 Å². The molecule has 0 bridgehead atoms. The number of rotatable bonds is 6. The zero-order chi connectivity index (χ0) is 22.3. The summed E-state index contributed by atoms with van der Waals surface area (Å²) in [6.45, 7) is 11.6. The SMILES string of the molecule is COc1cc(OC)c2c(O)c3c(cc2c1)C[C@@H](CCO[Si](C)(C)C(C)(C)C)OC3=O. The van der Waals surface area contributed by atoms with Gasteiger partial charge < -0.3 is 23.7 Å². The first kappa shape index (κ1) is 22.4. The van der Waals surface area contributed by atoms with E-state index < -0.39 is 14.3 Å². The number of carbonyl (C=O) groups excluding carboxylic acids is 1. The molecule has 1 aliphatic rings. The van der Waals surface area contributed by atoms with Crippen molar-refractivity contribution < 1.29 is 28.5 Å². The second-order valence-electron chi connectivity index (χ2n) is 9.32. The molecule has 0 saturated heterocycles. The van der Waals surface area contributed by atoms with Gasteiger partial charge in [0.05, 0.1) is 19.6 Å². The Bertz CT molecular complexity index is 961. The molecule has 6 nitrogen and oxygen atoms in total. The Balaban J connectivity index is 1.87. The number of hydrogen-bond donors (Lipinski definition) is 1.